The lowest BCUT2D eigenvalue weighted by molar-refractivity contribution is 0.0992. The van der Waals surface area contributed by atoms with Gasteiger partial charge in [-0.25, -0.2) is 4.98 Å². The molecule has 0 unspecified atom stereocenters. The Bertz CT molecular complexity index is 504. The molecule has 2 aromatic heterocycles. The minimum Gasteiger partial charge on any atom is -0.375 e. The summed E-state index contributed by atoms with van der Waals surface area (Å²) in [5, 5.41) is 2.29. The van der Waals surface area contributed by atoms with Crippen LogP contribution in [0.15, 0.2) is 23.7 Å². The predicted molar refractivity (Wildman–Crippen MR) is 63.5 cm³/mol. The van der Waals surface area contributed by atoms with Crippen LogP contribution in [0.3, 0.4) is 0 Å². The number of nitrogens with zero attached hydrogens (tertiary/aromatic N) is 2. The Morgan fingerprint density at radius 3 is 2.88 bits per heavy atom. The number of anilines is 1. The maximum Gasteiger partial charge on any atom is 0.180 e. The number of pyridine rings is 1. The van der Waals surface area contributed by atoms with Gasteiger partial charge in [-0.1, -0.05) is 0 Å². The number of nitrogens with two attached hydrogens (primary N) is 1. The molecule has 0 atom stereocenters. The van der Waals surface area contributed by atoms with E-state index in [1.165, 1.54) is 11.3 Å². The van der Waals surface area contributed by atoms with Gasteiger partial charge < -0.3 is 5.73 Å². The van der Waals surface area contributed by atoms with Gasteiger partial charge in [0, 0.05) is 22.8 Å². The van der Waals surface area contributed by atoms with E-state index in [0.717, 1.165) is 5.69 Å². The van der Waals surface area contributed by atoms with E-state index in [0.29, 0.717) is 16.4 Å². The van der Waals surface area contributed by atoms with Gasteiger partial charge >= 0.3 is 0 Å². The average molecular weight is 233 g/mol. The zero-order valence-electron chi connectivity index (χ0n) is 8.80. The fourth-order valence-corrected chi connectivity index (χ4v) is 1.87. The smallest absolute Gasteiger partial charge is 0.180 e. The molecule has 5 heteroatoms. The van der Waals surface area contributed by atoms with E-state index in [9.17, 15) is 4.79 Å². The highest BCUT2D eigenvalue weighted by Gasteiger charge is 2.09. The third kappa shape index (κ3) is 2.43. The van der Waals surface area contributed by atoms with Gasteiger partial charge in [-0.2, -0.15) is 0 Å². The molecule has 0 aliphatic carbocycles. The largest absolute Gasteiger partial charge is 0.375 e. The number of carbonyl (C=O) groups is 1. The summed E-state index contributed by atoms with van der Waals surface area (Å²) < 4.78 is 0. The average Bonchev–Trinajstić information content (AvgIpc) is 2.65. The predicted octanol–water partition coefficient (Wildman–Crippen LogP) is 1.85. The molecule has 2 aromatic rings. The van der Waals surface area contributed by atoms with Crippen molar-refractivity contribution in [1.29, 1.82) is 0 Å². The summed E-state index contributed by atoms with van der Waals surface area (Å²) in [5.41, 5.74) is 7.72. The summed E-state index contributed by atoms with van der Waals surface area (Å²) >= 11 is 1.34. The number of hydrogen-bond acceptors (Lipinski definition) is 5. The molecule has 0 radical (unpaired) electrons. The summed E-state index contributed by atoms with van der Waals surface area (Å²) in [7, 11) is 0. The van der Waals surface area contributed by atoms with E-state index in [-0.39, 0.29) is 12.2 Å². The van der Waals surface area contributed by atoms with Crippen molar-refractivity contribution in [2.45, 2.75) is 13.3 Å². The molecule has 2 rings (SSSR count). The second-order valence-corrected chi connectivity index (χ2v) is 4.35. The van der Waals surface area contributed by atoms with Crippen LogP contribution in [-0.2, 0) is 6.42 Å². The second-order valence-electron chi connectivity index (χ2n) is 3.47. The molecule has 0 aromatic carbocycles. The number of hydrogen-bond donors (Lipinski definition) is 1. The third-order valence-electron chi connectivity index (χ3n) is 2.14. The second kappa shape index (κ2) is 4.40. The Hall–Kier alpha value is -1.75. The van der Waals surface area contributed by atoms with E-state index in [2.05, 4.69) is 9.97 Å². The molecule has 0 amide bonds. The highest BCUT2D eigenvalue weighted by molar-refractivity contribution is 7.13. The molecule has 16 heavy (non-hydrogen) atoms. The van der Waals surface area contributed by atoms with E-state index in [1.54, 1.807) is 17.6 Å². The van der Waals surface area contributed by atoms with E-state index >= 15 is 0 Å². The molecule has 0 aliphatic heterocycles. The summed E-state index contributed by atoms with van der Waals surface area (Å²) in [6, 6.07) is 3.60. The molecule has 2 N–H and O–H groups in total. The number of thiazole rings is 1. The zero-order valence-corrected chi connectivity index (χ0v) is 9.62. The molecule has 0 saturated carbocycles. The molecule has 0 spiro atoms. The van der Waals surface area contributed by atoms with Crippen LogP contribution in [0.4, 0.5) is 5.13 Å². The first-order valence-electron chi connectivity index (χ1n) is 4.81. The van der Waals surface area contributed by atoms with E-state index < -0.39 is 0 Å². The van der Waals surface area contributed by atoms with Gasteiger partial charge in [0.15, 0.2) is 10.9 Å². The maximum atomic E-state index is 11.8. The minimum absolute atomic E-state index is 0.0119. The molecule has 0 aliphatic rings. The van der Waals surface area contributed by atoms with Gasteiger partial charge in [-0.15, -0.1) is 11.3 Å². The van der Waals surface area contributed by atoms with Crippen LogP contribution < -0.4 is 5.73 Å². The van der Waals surface area contributed by atoms with Crippen LogP contribution in [0.1, 0.15) is 21.7 Å². The van der Waals surface area contributed by atoms with Gasteiger partial charge in [0.25, 0.3) is 0 Å². The topological polar surface area (TPSA) is 68.9 Å². The quantitative estimate of drug-likeness (QED) is 0.821. The zero-order chi connectivity index (χ0) is 11.5. The lowest BCUT2D eigenvalue weighted by atomic mass is 10.1. The molecular weight excluding hydrogens is 222 g/mol. The number of carbonyl (C=O) groups excluding carboxylic acids is 1. The Morgan fingerprint density at radius 2 is 2.31 bits per heavy atom. The van der Waals surface area contributed by atoms with Gasteiger partial charge in [0.2, 0.25) is 0 Å². The molecular formula is C11H11N3OS. The first-order valence-corrected chi connectivity index (χ1v) is 5.69. The fourth-order valence-electron chi connectivity index (χ4n) is 1.30. The number of ketones is 1. The monoisotopic (exact) mass is 233 g/mol. The van der Waals surface area contributed by atoms with Crippen LogP contribution in [-0.4, -0.2) is 15.8 Å². The Labute approximate surface area is 97.2 Å². The maximum absolute atomic E-state index is 11.8. The van der Waals surface area contributed by atoms with Crippen molar-refractivity contribution in [2.75, 3.05) is 5.73 Å². The van der Waals surface area contributed by atoms with Gasteiger partial charge in [0.05, 0.1) is 12.1 Å². The van der Waals surface area contributed by atoms with Crippen molar-refractivity contribution in [1.82, 2.24) is 9.97 Å². The number of aromatic nitrogens is 2. The SMILES string of the molecule is Cc1ccc(C(=O)Cc2csc(N)n2)cn1. The van der Waals surface area contributed by atoms with Crippen LogP contribution in [0, 0.1) is 6.92 Å². The highest BCUT2D eigenvalue weighted by Crippen LogP contribution is 2.13. The summed E-state index contributed by atoms with van der Waals surface area (Å²) in [5.74, 6) is 0.0119. The number of rotatable bonds is 3. The van der Waals surface area contributed by atoms with Crippen molar-refractivity contribution in [3.05, 3.63) is 40.7 Å². The Morgan fingerprint density at radius 1 is 1.50 bits per heavy atom. The lowest BCUT2D eigenvalue weighted by Crippen LogP contribution is -2.04. The van der Waals surface area contributed by atoms with Crippen molar-refractivity contribution in [3.63, 3.8) is 0 Å². The molecule has 4 nitrogen and oxygen atoms in total. The summed E-state index contributed by atoms with van der Waals surface area (Å²) in [6.45, 7) is 1.88. The van der Waals surface area contributed by atoms with Crippen LogP contribution in [0.25, 0.3) is 0 Å². The highest BCUT2D eigenvalue weighted by atomic mass is 32.1. The standard InChI is InChI=1S/C11H11N3OS/c1-7-2-3-8(5-13-7)10(15)4-9-6-16-11(12)14-9/h2-3,5-6H,4H2,1H3,(H2,12,14). The molecule has 0 saturated heterocycles. The third-order valence-corrected chi connectivity index (χ3v) is 2.87. The molecule has 0 bridgehead atoms. The normalized spacial score (nSPS) is 10.3. The van der Waals surface area contributed by atoms with E-state index in [4.69, 9.17) is 5.73 Å². The van der Waals surface area contributed by atoms with E-state index in [1.807, 2.05) is 13.0 Å². The number of Topliss-reactive ketones (excluding diaryl/α,β-unsaturated/α-hetero) is 1. The first kappa shape index (κ1) is 10.8. The molecule has 0 fully saturated rings. The van der Waals surface area contributed by atoms with Crippen molar-refractivity contribution < 1.29 is 4.79 Å². The van der Waals surface area contributed by atoms with Gasteiger partial charge in [-0.05, 0) is 19.1 Å². The van der Waals surface area contributed by atoms with Crippen molar-refractivity contribution >= 4 is 22.3 Å². The molecule has 82 valence electrons. The number of nitrogen functional groups attached to an aromatic ring is 1. The van der Waals surface area contributed by atoms with Crippen molar-refractivity contribution in [3.8, 4) is 0 Å². The van der Waals surface area contributed by atoms with Crippen LogP contribution in [0.5, 0.6) is 0 Å². The first-order chi connectivity index (χ1) is 7.65. The lowest BCUT2D eigenvalue weighted by Gasteiger charge is -1.98. The van der Waals surface area contributed by atoms with Gasteiger partial charge in [-0.3, -0.25) is 9.78 Å². The molecule has 2 heterocycles. The van der Waals surface area contributed by atoms with Gasteiger partial charge in [0.1, 0.15) is 0 Å². The Balaban J connectivity index is 2.11. The summed E-state index contributed by atoms with van der Waals surface area (Å²) in [4.78, 5) is 20.0. The summed E-state index contributed by atoms with van der Waals surface area (Å²) in [6.07, 6.45) is 1.87. The minimum atomic E-state index is 0.0119. The van der Waals surface area contributed by atoms with Crippen LogP contribution in [0.2, 0.25) is 0 Å². The number of aryl methyl sites for hydroxylation is 1. The fraction of sp³-hybridized carbons (Fsp3) is 0.182. The Kier molecular flexibility index (Phi) is 2.96. The van der Waals surface area contributed by atoms with Crippen molar-refractivity contribution in [2.24, 2.45) is 0 Å². The van der Waals surface area contributed by atoms with Crippen LogP contribution >= 0.6 is 11.3 Å².